The molecule has 0 unspecified atom stereocenters. The monoisotopic (exact) mass is 675 g/mol. The maximum atomic E-state index is 13.6. The van der Waals surface area contributed by atoms with Crippen LogP contribution in [0.2, 0.25) is 0 Å². The summed E-state index contributed by atoms with van der Waals surface area (Å²) in [7, 11) is 0. The molecule has 0 fully saturated rings. The van der Waals surface area contributed by atoms with Crippen LogP contribution in [0.4, 0.5) is 55.9 Å². The second kappa shape index (κ2) is 13.5. The van der Waals surface area contributed by atoms with Crippen molar-refractivity contribution in [3.05, 3.63) is 76.1 Å². The molecule has 1 aromatic heterocycles. The number of amides is 1. The maximum absolute atomic E-state index is 13.6. The van der Waals surface area contributed by atoms with Crippen molar-refractivity contribution < 1.29 is 54.2 Å². The third-order valence-electron chi connectivity index (χ3n) is 7.38. The number of halogens is 9. The van der Waals surface area contributed by atoms with Crippen molar-refractivity contribution in [3.8, 4) is 11.8 Å². The van der Waals surface area contributed by atoms with Crippen LogP contribution in [-0.2, 0) is 24.9 Å². The molecule has 8 nitrogen and oxygen atoms in total. The number of unbranched alkanes of at least 4 members (excludes halogenated alkanes) is 1. The molecule has 1 amide bonds. The summed E-state index contributed by atoms with van der Waals surface area (Å²) in [5.74, 6) is -0.356. The quantitative estimate of drug-likeness (QED) is 0.173. The standard InChI is InChI=1S/C30H26F9N5O3/c1-2-20-14-22(21-13-17(28(31,32)33)5-6-24(21)44(20)27(45)46)42-26-41-15-25(47-8-4-3-7-40)23(43-26)11-16-9-18(29(34,35)36)12-19(10-16)30(37,38)39/h5-6,9-10,12-13,15,20,22H,2-4,8,11,14H2,1H3,(H,45,46)(H,41,42,43)/t20-,22+/m1/s1. The second-order valence-electron chi connectivity index (χ2n) is 10.6. The van der Waals surface area contributed by atoms with Crippen LogP contribution < -0.4 is 15.0 Å². The van der Waals surface area contributed by atoms with Crippen LogP contribution in [0.1, 0.15) is 72.2 Å². The lowest BCUT2D eigenvalue weighted by atomic mass is 9.89. The summed E-state index contributed by atoms with van der Waals surface area (Å²) in [4.78, 5) is 21.4. The summed E-state index contributed by atoms with van der Waals surface area (Å²) in [5, 5.41) is 21.5. The molecule has 4 rings (SSSR count). The number of benzene rings is 2. The zero-order valence-electron chi connectivity index (χ0n) is 24.4. The van der Waals surface area contributed by atoms with E-state index in [0.717, 1.165) is 29.3 Å². The van der Waals surface area contributed by atoms with E-state index in [1.54, 1.807) is 6.92 Å². The highest BCUT2D eigenvalue weighted by molar-refractivity contribution is 5.89. The number of carbonyl (C=O) groups is 1. The van der Waals surface area contributed by atoms with Gasteiger partial charge in [-0.15, -0.1) is 0 Å². The van der Waals surface area contributed by atoms with Crippen LogP contribution in [0.15, 0.2) is 42.6 Å². The fraction of sp³-hybridized carbons (Fsp3) is 0.400. The Bertz CT molecular complexity index is 1620. The molecule has 0 aliphatic carbocycles. The summed E-state index contributed by atoms with van der Waals surface area (Å²) in [6.45, 7) is 1.62. The lowest BCUT2D eigenvalue weighted by Crippen LogP contribution is -2.45. The summed E-state index contributed by atoms with van der Waals surface area (Å²) < 4.78 is 128. The van der Waals surface area contributed by atoms with E-state index in [1.807, 2.05) is 6.07 Å². The lowest BCUT2D eigenvalue weighted by molar-refractivity contribution is -0.143. The number of nitrogens with zero attached hydrogens (tertiary/aromatic N) is 4. The fourth-order valence-corrected chi connectivity index (χ4v) is 5.20. The maximum Gasteiger partial charge on any atom is 0.416 e. The smallest absolute Gasteiger partial charge is 0.416 e. The van der Waals surface area contributed by atoms with Crippen LogP contribution in [-0.4, -0.2) is 33.8 Å². The third kappa shape index (κ3) is 8.35. The van der Waals surface area contributed by atoms with E-state index >= 15 is 0 Å². The SMILES string of the molecule is CC[C@@H]1C[C@H](Nc2ncc(OCCCC#N)c(Cc3cc(C(F)(F)F)cc(C(F)(F)F)c3)n2)c2cc(C(F)(F)F)ccc2N1C(=O)O. The highest BCUT2D eigenvalue weighted by atomic mass is 19.4. The van der Waals surface area contributed by atoms with E-state index in [0.29, 0.717) is 12.1 Å². The van der Waals surface area contributed by atoms with Crippen LogP contribution in [0.3, 0.4) is 0 Å². The van der Waals surface area contributed by atoms with Gasteiger partial charge in [0.1, 0.15) is 0 Å². The Morgan fingerprint density at radius 1 is 1.02 bits per heavy atom. The summed E-state index contributed by atoms with van der Waals surface area (Å²) in [5.41, 5.74) is -4.75. The molecule has 0 bridgehead atoms. The predicted octanol–water partition coefficient (Wildman–Crippen LogP) is 8.63. The molecule has 252 valence electrons. The molecule has 0 spiro atoms. The van der Waals surface area contributed by atoms with Gasteiger partial charge < -0.3 is 15.2 Å². The second-order valence-corrected chi connectivity index (χ2v) is 10.6. The average Bonchev–Trinajstić information content (AvgIpc) is 2.98. The van der Waals surface area contributed by atoms with E-state index < -0.39 is 65.4 Å². The molecule has 2 atom stereocenters. The highest BCUT2D eigenvalue weighted by Crippen LogP contribution is 2.43. The Morgan fingerprint density at radius 2 is 1.66 bits per heavy atom. The van der Waals surface area contributed by atoms with E-state index in [-0.39, 0.29) is 67.0 Å². The average molecular weight is 676 g/mol. The van der Waals surface area contributed by atoms with Crippen molar-refractivity contribution >= 4 is 17.7 Å². The van der Waals surface area contributed by atoms with Crippen molar-refractivity contribution in [2.75, 3.05) is 16.8 Å². The molecule has 2 N–H and O–H groups in total. The summed E-state index contributed by atoms with van der Waals surface area (Å²) in [6.07, 6.45) is -15.3. The number of hydrogen-bond donors (Lipinski definition) is 2. The Balaban J connectivity index is 1.78. The molecular formula is C30H26F9N5O3. The lowest BCUT2D eigenvalue weighted by Gasteiger charge is -2.39. The van der Waals surface area contributed by atoms with Crippen molar-refractivity contribution in [2.24, 2.45) is 0 Å². The normalized spacial score (nSPS) is 16.7. The fourth-order valence-electron chi connectivity index (χ4n) is 5.20. The molecule has 0 saturated carbocycles. The molecule has 0 radical (unpaired) electrons. The molecule has 1 aliphatic rings. The first-order chi connectivity index (χ1) is 21.9. The van der Waals surface area contributed by atoms with Crippen molar-refractivity contribution in [3.63, 3.8) is 0 Å². The van der Waals surface area contributed by atoms with Gasteiger partial charge in [0, 0.05) is 18.9 Å². The number of nitriles is 1. The van der Waals surface area contributed by atoms with Crippen LogP contribution >= 0.6 is 0 Å². The summed E-state index contributed by atoms with van der Waals surface area (Å²) in [6, 6.07) is 3.88. The Labute approximate surface area is 261 Å². The first kappa shape index (κ1) is 35.1. The molecule has 3 aromatic rings. The Kier molecular flexibility index (Phi) is 10.1. The molecule has 0 saturated heterocycles. The molecule has 47 heavy (non-hydrogen) atoms. The Hall–Kier alpha value is -4.75. The zero-order valence-corrected chi connectivity index (χ0v) is 24.4. The van der Waals surface area contributed by atoms with Gasteiger partial charge in [0.15, 0.2) is 5.75 Å². The van der Waals surface area contributed by atoms with Crippen LogP contribution in [0, 0.1) is 11.3 Å². The number of rotatable bonds is 9. The van der Waals surface area contributed by atoms with Gasteiger partial charge in [0.2, 0.25) is 5.95 Å². The van der Waals surface area contributed by atoms with E-state index in [9.17, 15) is 49.4 Å². The molecular weight excluding hydrogens is 649 g/mol. The van der Waals surface area contributed by atoms with E-state index in [2.05, 4.69) is 15.3 Å². The number of carboxylic acid groups (broad SMARTS) is 1. The predicted molar refractivity (Wildman–Crippen MR) is 149 cm³/mol. The zero-order chi connectivity index (χ0) is 34.7. The molecule has 2 heterocycles. The Morgan fingerprint density at radius 3 is 2.21 bits per heavy atom. The molecule has 1 aliphatic heterocycles. The third-order valence-corrected chi connectivity index (χ3v) is 7.38. The first-order valence-corrected chi connectivity index (χ1v) is 14.1. The number of fused-ring (bicyclic) bond motifs is 1. The number of hydrogen-bond acceptors (Lipinski definition) is 6. The van der Waals surface area contributed by atoms with Gasteiger partial charge in [-0.3, -0.25) is 4.90 Å². The van der Waals surface area contributed by atoms with Gasteiger partial charge in [0.05, 0.1) is 53.0 Å². The van der Waals surface area contributed by atoms with Gasteiger partial charge in [-0.25, -0.2) is 14.8 Å². The first-order valence-electron chi connectivity index (χ1n) is 14.1. The molecule has 2 aromatic carbocycles. The summed E-state index contributed by atoms with van der Waals surface area (Å²) >= 11 is 0. The van der Waals surface area contributed by atoms with Gasteiger partial charge in [-0.05, 0) is 66.8 Å². The van der Waals surface area contributed by atoms with Crippen LogP contribution in [0.25, 0.3) is 0 Å². The van der Waals surface area contributed by atoms with E-state index in [4.69, 9.17) is 10.00 Å². The highest BCUT2D eigenvalue weighted by Gasteiger charge is 2.39. The van der Waals surface area contributed by atoms with E-state index in [1.165, 1.54) is 0 Å². The largest absolute Gasteiger partial charge is 0.490 e. The van der Waals surface area contributed by atoms with Gasteiger partial charge in [-0.1, -0.05) is 6.92 Å². The minimum atomic E-state index is -5.10. The van der Waals surface area contributed by atoms with Crippen molar-refractivity contribution in [1.29, 1.82) is 5.26 Å². The number of aromatic nitrogens is 2. The molecule has 17 heteroatoms. The topological polar surface area (TPSA) is 111 Å². The minimum absolute atomic E-state index is 0.0117. The van der Waals surface area contributed by atoms with Gasteiger partial charge in [0.25, 0.3) is 0 Å². The number of ether oxygens (including phenoxy) is 1. The van der Waals surface area contributed by atoms with Crippen LogP contribution in [0.5, 0.6) is 5.75 Å². The van der Waals surface area contributed by atoms with Gasteiger partial charge >= 0.3 is 24.6 Å². The van der Waals surface area contributed by atoms with Crippen molar-refractivity contribution in [1.82, 2.24) is 9.97 Å². The van der Waals surface area contributed by atoms with Gasteiger partial charge in [-0.2, -0.15) is 44.8 Å². The van der Waals surface area contributed by atoms with Crippen molar-refractivity contribution in [2.45, 2.75) is 69.6 Å². The minimum Gasteiger partial charge on any atom is -0.490 e. The number of anilines is 2. The number of alkyl halides is 9. The number of nitrogens with one attached hydrogen (secondary N) is 1.